The van der Waals surface area contributed by atoms with Crippen LogP contribution in [0.3, 0.4) is 0 Å². The Morgan fingerprint density at radius 3 is 2.93 bits per heavy atom. The lowest BCUT2D eigenvalue weighted by Gasteiger charge is -2.05. The number of carbonyl (C=O) groups is 1. The maximum atomic E-state index is 11.3. The molecule has 5 heteroatoms. The zero-order valence-corrected chi connectivity index (χ0v) is 8.31. The molecule has 0 aromatic carbocycles. The summed E-state index contributed by atoms with van der Waals surface area (Å²) in [6, 6.07) is 2.06. The molecule has 1 heterocycles. The van der Waals surface area contributed by atoms with E-state index < -0.39 is 5.97 Å². The van der Waals surface area contributed by atoms with Crippen LogP contribution >= 0.6 is 0 Å². The van der Waals surface area contributed by atoms with Gasteiger partial charge in [-0.15, -0.1) is 0 Å². The summed E-state index contributed by atoms with van der Waals surface area (Å²) in [5.41, 5.74) is 0.934. The van der Waals surface area contributed by atoms with Crippen molar-refractivity contribution in [2.45, 2.75) is 12.8 Å². The Morgan fingerprint density at radius 1 is 1.79 bits per heavy atom. The fraction of sp³-hybridized carbons (Fsp3) is 0.444. The SMILES string of the molecule is COC(=O)c1cnn(C)c1C(C)C#N. The van der Waals surface area contributed by atoms with E-state index in [4.69, 9.17) is 5.26 Å². The minimum atomic E-state index is -0.463. The topological polar surface area (TPSA) is 67.9 Å². The predicted octanol–water partition coefficient (Wildman–Crippen LogP) is 0.834. The summed E-state index contributed by atoms with van der Waals surface area (Å²) in [6.07, 6.45) is 1.41. The highest BCUT2D eigenvalue weighted by Crippen LogP contribution is 2.18. The van der Waals surface area contributed by atoms with Crippen LogP contribution in [0.15, 0.2) is 6.20 Å². The van der Waals surface area contributed by atoms with Gasteiger partial charge in [0.1, 0.15) is 5.56 Å². The summed E-state index contributed by atoms with van der Waals surface area (Å²) >= 11 is 0. The zero-order valence-electron chi connectivity index (χ0n) is 8.31. The van der Waals surface area contributed by atoms with Crippen molar-refractivity contribution in [1.29, 1.82) is 5.26 Å². The van der Waals surface area contributed by atoms with Crippen LogP contribution in [0, 0.1) is 11.3 Å². The van der Waals surface area contributed by atoms with E-state index in [0.29, 0.717) is 11.3 Å². The molecule has 0 aliphatic carbocycles. The van der Waals surface area contributed by atoms with E-state index in [2.05, 4.69) is 15.9 Å². The molecule has 14 heavy (non-hydrogen) atoms. The van der Waals surface area contributed by atoms with E-state index in [9.17, 15) is 4.79 Å². The summed E-state index contributed by atoms with van der Waals surface area (Å²) in [5.74, 6) is -0.841. The van der Waals surface area contributed by atoms with Crippen LogP contribution in [0.4, 0.5) is 0 Å². The first-order chi connectivity index (χ1) is 6.61. The number of methoxy groups -OCH3 is 1. The van der Waals surface area contributed by atoms with Gasteiger partial charge in [-0.05, 0) is 6.92 Å². The average Bonchev–Trinajstić information content (AvgIpc) is 2.58. The highest BCUT2D eigenvalue weighted by molar-refractivity contribution is 5.90. The van der Waals surface area contributed by atoms with Crippen LogP contribution in [-0.2, 0) is 11.8 Å². The lowest BCUT2D eigenvalue weighted by atomic mass is 10.1. The largest absolute Gasteiger partial charge is 0.465 e. The molecule has 0 N–H and O–H groups in total. The second-order valence-corrected chi connectivity index (χ2v) is 2.91. The first-order valence-corrected chi connectivity index (χ1v) is 4.11. The average molecular weight is 193 g/mol. The Kier molecular flexibility index (Phi) is 2.87. The van der Waals surface area contributed by atoms with Crippen LogP contribution in [0.1, 0.15) is 28.9 Å². The van der Waals surface area contributed by atoms with Crippen molar-refractivity contribution >= 4 is 5.97 Å². The second-order valence-electron chi connectivity index (χ2n) is 2.91. The molecular formula is C9H11N3O2. The van der Waals surface area contributed by atoms with Crippen molar-refractivity contribution in [2.24, 2.45) is 7.05 Å². The number of rotatable bonds is 2. The summed E-state index contributed by atoms with van der Waals surface area (Å²) in [6.45, 7) is 1.71. The van der Waals surface area contributed by atoms with Gasteiger partial charge in [-0.1, -0.05) is 0 Å². The third-order valence-electron chi connectivity index (χ3n) is 1.99. The summed E-state index contributed by atoms with van der Waals surface area (Å²) in [5, 5.41) is 12.7. The fourth-order valence-corrected chi connectivity index (χ4v) is 1.29. The van der Waals surface area contributed by atoms with E-state index in [1.807, 2.05) is 0 Å². The molecule has 0 saturated heterocycles. The molecule has 1 unspecified atom stereocenters. The van der Waals surface area contributed by atoms with Crippen LogP contribution in [0.2, 0.25) is 0 Å². The van der Waals surface area contributed by atoms with Crippen molar-refractivity contribution < 1.29 is 9.53 Å². The van der Waals surface area contributed by atoms with Gasteiger partial charge in [-0.3, -0.25) is 4.68 Å². The summed E-state index contributed by atoms with van der Waals surface area (Å²) in [7, 11) is 2.99. The number of nitrogens with zero attached hydrogens (tertiary/aromatic N) is 3. The van der Waals surface area contributed by atoms with Gasteiger partial charge in [0, 0.05) is 7.05 Å². The normalized spacial score (nSPS) is 11.9. The van der Waals surface area contributed by atoms with Gasteiger partial charge >= 0.3 is 5.97 Å². The van der Waals surface area contributed by atoms with Gasteiger partial charge in [-0.25, -0.2) is 4.79 Å². The lowest BCUT2D eigenvalue weighted by molar-refractivity contribution is 0.0599. The zero-order chi connectivity index (χ0) is 10.7. The quantitative estimate of drug-likeness (QED) is 0.652. The molecule has 1 aromatic heterocycles. The molecular weight excluding hydrogens is 182 g/mol. The van der Waals surface area contributed by atoms with Gasteiger partial charge < -0.3 is 4.74 Å². The predicted molar refractivity (Wildman–Crippen MR) is 48.6 cm³/mol. The third-order valence-corrected chi connectivity index (χ3v) is 1.99. The molecule has 0 spiro atoms. The number of esters is 1. The maximum absolute atomic E-state index is 11.3. The van der Waals surface area contributed by atoms with Crippen LogP contribution in [-0.4, -0.2) is 22.9 Å². The van der Waals surface area contributed by atoms with Crippen molar-refractivity contribution in [3.63, 3.8) is 0 Å². The van der Waals surface area contributed by atoms with Crippen molar-refractivity contribution in [3.05, 3.63) is 17.5 Å². The maximum Gasteiger partial charge on any atom is 0.341 e. The standard InChI is InChI=1S/C9H11N3O2/c1-6(4-10)8-7(9(13)14-3)5-11-12(8)2/h5-6H,1-3H3. The minimum Gasteiger partial charge on any atom is -0.465 e. The minimum absolute atomic E-state index is 0.351. The molecule has 0 aliphatic heterocycles. The van der Waals surface area contributed by atoms with Crippen molar-refractivity contribution in [3.8, 4) is 6.07 Å². The van der Waals surface area contributed by atoms with Crippen LogP contribution in [0.5, 0.6) is 0 Å². The van der Waals surface area contributed by atoms with Crippen LogP contribution in [0.25, 0.3) is 0 Å². The first kappa shape index (κ1) is 10.3. The molecule has 0 amide bonds. The second kappa shape index (κ2) is 3.92. The highest BCUT2D eigenvalue weighted by atomic mass is 16.5. The molecule has 1 rings (SSSR count). The van der Waals surface area contributed by atoms with Crippen LogP contribution < -0.4 is 0 Å². The number of aryl methyl sites for hydroxylation is 1. The first-order valence-electron chi connectivity index (χ1n) is 4.11. The molecule has 1 aromatic rings. The fourth-order valence-electron chi connectivity index (χ4n) is 1.29. The van der Waals surface area contributed by atoms with Crippen molar-refractivity contribution in [1.82, 2.24) is 9.78 Å². The number of aromatic nitrogens is 2. The van der Waals surface area contributed by atoms with E-state index in [1.54, 1.807) is 14.0 Å². The molecule has 0 bridgehead atoms. The van der Waals surface area contributed by atoms with E-state index in [-0.39, 0.29) is 5.92 Å². The van der Waals surface area contributed by atoms with E-state index in [0.717, 1.165) is 0 Å². The lowest BCUT2D eigenvalue weighted by Crippen LogP contribution is -2.08. The van der Waals surface area contributed by atoms with E-state index >= 15 is 0 Å². The Bertz CT molecular complexity index is 389. The van der Waals surface area contributed by atoms with Gasteiger partial charge in [0.15, 0.2) is 0 Å². The number of hydrogen-bond acceptors (Lipinski definition) is 4. The molecule has 74 valence electrons. The molecule has 0 radical (unpaired) electrons. The number of nitriles is 1. The molecule has 5 nitrogen and oxygen atoms in total. The van der Waals surface area contributed by atoms with Gasteiger partial charge in [0.25, 0.3) is 0 Å². The van der Waals surface area contributed by atoms with Gasteiger partial charge in [-0.2, -0.15) is 10.4 Å². The Labute approximate surface area is 81.9 Å². The molecule has 0 fully saturated rings. The molecule has 1 atom stereocenters. The molecule has 0 saturated carbocycles. The monoisotopic (exact) mass is 193 g/mol. The third kappa shape index (κ3) is 1.59. The summed E-state index contributed by atoms with van der Waals surface area (Å²) in [4.78, 5) is 11.3. The van der Waals surface area contributed by atoms with Gasteiger partial charge in [0.05, 0.1) is 31.0 Å². The number of carbonyl (C=O) groups excluding carboxylic acids is 1. The Morgan fingerprint density at radius 2 is 2.43 bits per heavy atom. The highest BCUT2D eigenvalue weighted by Gasteiger charge is 2.20. The Hall–Kier alpha value is -1.83. The summed E-state index contributed by atoms with van der Waals surface area (Å²) < 4.78 is 6.10. The van der Waals surface area contributed by atoms with Crippen molar-refractivity contribution in [2.75, 3.05) is 7.11 Å². The molecule has 0 aliphatic rings. The Balaban J connectivity index is 3.20. The number of hydrogen-bond donors (Lipinski definition) is 0. The van der Waals surface area contributed by atoms with Gasteiger partial charge in [0.2, 0.25) is 0 Å². The number of ether oxygens (including phenoxy) is 1. The van der Waals surface area contributed by atoms with E-state index in [1.165, 1.54) is 18.0 Å². The smallest absolute Gasteiger partial charge is 0.341 e.